The Balaban J connectivity index is 1.65. The van der Waals surface area contributed by atoms with Crippen LogP contribution in [0.15, 0.2) is 47.4 Å². The largest absolute Gasteiger partial charge is 0.416 e. The molecule has 2 aromatic carbocycles. The van der Waals surface area contributed by atoms with Gasteiger partial charge in [-0.25, -0.2) is 8.42 Å². The third-order valence-corrected chi connectivity index (χ3v) is 7.35. The molecule has 12 heteroatoms. The summed E-state index contributed by atoms with van der Waals surface area (Å²) in [4.78, 5) is 22.6. The number of nitrogens with one attached hydrogen (secondary N) is 1. The quantitative estimate of drug-likeness (QED) is 0.524. The topological polar surface area (TPSA) is 110 Å². The number of non-ortho nitro benzene ring substituents is 1. The number of piperidine rings is 1. The van der Waals surface area contributed by atoms with Gasteiger partial charge >= 0.3 is 6.18 Å². The predicted molar refractivity (Wildman–Crippen MR) is 109 cm³/mol. The van der Waals surface area contributed by atoms with Crippen LogP contribution in [0.3, 0.4) is 0 Å². The first-order valence-corrected chi connectivity index (χ1v) is 11.1. The van der Waals surface area contributed by atoms with Crippen molar-refractivity contribution in [3.05, 3.63) is 63.7 Å². The molecule has 3 rings (SSSR count). The second-order valence-electron chi connectivity index (χ2n) is 7.45. The highest BCUT2D eigenvalue weighted by atomic mass is 32.2. The van der Waals surface area contributed by atoms with Crippen LogP contribution in [-0.4, -0.2) is 36.6 Å². The molecule has 1 saturated heterocycles. The van der Waals surface area contributed by atoms with Crippen molar-refractivity contribution >= 4 is 27.3 Å². The van der Waals surface area contributed by atoms with Crippen LogP contribution in [0.2, 0.25) is 0 Å². The molecule has 0 saturated carbocycles. The summed E-state index contributed by atoms with van der Waals surface area (Å²) in [5, 5.41) is 13.6. The smallest absolute Gasteiger partial charge is 0.326 e. The maximum absolute atomic E-state index is 13.0. The molecular weight excluding hydrogens is 451 g/mol. The van der Waals surface area contributed by atoms with Gasteiger partial charge in [0.1, 0.15) is 0 Å². The fourth-order valence-electron chi connectivity index (χ4n) is 3.46. The first-order valence-electron chi connectivity index (χ1n) is 9.63. The number of nitro groups is 1. The lowest BCUT2D eigenvalue weighted by Gasteiger charge is -2.30. The Bertz CT molecular complexity index is 1130. The fourth-order valence-corrected chi connectivity index (χ4v) is 5.18. The minimum atomic E-state index is -4.47. The lowest BCUT2D eigenvalue weighted by molar-refractivity contribution is -0.385. The summed E-state index contributed by atoms with van der Waals surface area (Å²) in [5.74, 6) is -0.928. The van der Waals surface area contributed by atoms with Crippen LogP contribution in [0.1, 0.15) is 24.0 Å². The molecule has 0 aromatic heterocycles. The van der Waals surface area contributed by atoms with Crippen molar-refractivity contribution in [2.45, 2.75) is 30.8 Å². The van der Waals surface area contributed by atoms with E-state index >= 15 is 0 Å². The van der Waals surface area contributed by atoms with Gasteiger partial charge in [-0.05, 0) is 49.6 Å². The van der Waals surface area contributed by atoms with Crippen LogP contribution in [0.5, 0.6) is 0 Å². The van der Waals surface area contributed by atoms with E-state index in [0.717, 1.165) is 30.3 Å². The van der Waals surface area contributed by atoms with E-state index < -0.39 is 38.5 Å². The standard InChI is InChI=1S/C20H20F3N3O5S/c1-13-2-7-17(26(28)29)12-18(13)32(30,31)25-10-8-14(9-11-25)19(27)24-16-5-3-15(4-6-16)20(21,22)23/h2-7,12,14H,8-11H2,1H3,(H,24,27). The Kier molecular flexibility index (Phi) is 6.56. The number of sulfonamides is 1. The average molecular weight is 471 g/mol. The molecule has 8 nitrogen and oxygen atoms in total. The molecule has 0 radical (unpaired) electrons. The van der Waals surface area contributed by atoms with E-state index in [1.54, 1.807) is 6.92 Å². The minimum absolute atomic E-state index is 0.0373. The molecule has 1 amide bonds. The van der Waals surface area contributed by atoms with E-state index in [4.69, 9.17) is 0 Å². The van der Waals surface area contributed by atoms with Gasteiger partial charge in [0, 0.05) is 36.8 Å². The number of nitrogens with zero attached hydrogens (tertiary/aromatic N) is 2. The predicted octanol–water partition coefficient (Wildman–Crippen LogP) is 3.96. The molecule has 172 valence electrons. The number of hydrogen-bond acceptors (Lipinski definition) is 5. The number of alkyl halides is 3. The molecule has 32 heavy (non-hydrogen) atoms. The molecule has 1 N–H and O–H groups in total. The number of aryl methyl sites for hydroxylation is 1. The summed E-state index contributed by atoms with van der Waals surface area (Å²) in [5.41, 5.74) is -0.575. The van der Waals surface area contributed by atoms with Crippen molar-refractivity contribution in [1.29, 1.82) is 0 Å². The molecule has 2 aromatic rings. The van der Waals surface area contributed by atoms with Gasteiger partial charge in [-0.3, -0.25) is 14.9 Å². The number of amides is 1. The van der Waals surface area contributed by atoms with Crippen molar-refractivity contribution in [3.63, 3.8) is 0 Å². The number of hydrogen-bond donors (Lipinski definition) is 1. The molecule has 1 aliphatic heterocycles. The van der Waals surface area contributed by atoms with E-state index in [1.807, 2.05) is 0 Å². The van der Waals surface area contributed by atoms with Crippen LogP contribution in [0.4, 0.5) is 24.5 Å². The third-order valence-electron chi connectivity index (χ3n) is 5.30. The van der Waals surface area contributed by atoms with Gasteiger partial charge in [-0.2, -0.15) is 17.5 Å². The van der Waals surface area contributed by atoms with Crippen molar-refractivity contribution in [1.82, 2.24) is 4.31 Å². The number of carbonyl (C=O) groups is 1. The summed E-state index contributed by atoms with van der Waals surface area (Å²) in [6.45, 7) is 1.62. The van der Waals surface area contributed by atoms with Crippen molar-refractivity contribution in [3.8, 4) is 0 Å². The van der Waals surface area contributed by atoms with Crippen molar-refractivity contribution in [2.75, 3.05) is 18.4 Å². The molecule has 1 heterocycles. The van der Waals surface area contributed by atoms with Gasteiger partial charge in [0.2, 0.25) is 15.9 Å². The summed E-state index contributed by atoms with van der Waals surface area (Å²) >= 11 is 0. The van der Waals surface area contributed by atoms with Crippen LogP contribution >= 0.6 is 0 Å². The zero-order chi connectivity index (χ0) is 23.7. The third kappa shape index (κ3) is 5.07. The van der Waals surface area contributed by atoms with Gasteiger partial charge in [0.15, 0.2) is 0 Å². The monoisotopic (exact) mass is 471 g/mol. The Morgan fingerprint density at radius 2 is 1.72 bits per heavy atom. The van der Waals surface area contributed by atoms with Crippen LogP contribution < -0.4 is 5.32 Å². The van der Waals surface area contributed by atoms with E-state index in [9.17, 15) is 36.5 Å². The van der Waals surface area contributed by atoms with Crippen LogP contribution in [0.25, 0.3) is 0 Å². The zero-order valence-corrected chi connectivity index (χ0v) is 17.7. The van der Waals surface area contributed by atoms with E-state index in [-0.39, 0.29) is 42.2 Å². The molecule has 0 spiro atoms. The first-order chi connectivity index (χ1) is 14.9. The Morgan fingerprint density at radius 1 is 1.12 bits per heavy atom. The zero-order valence-electron chi connectivity index (χ0n) is 16.9. The lowest BCUT2D eigenvalue weighted by atomic mass is 9.97. The second-order valence-corrected chi connectivity index (χ2v) is 9.36. The highest BCUT2D eigenvalue weighted by molar-refractivity contribution is 7.89. The lowest BCUT2D eigenvalue weighted by Crippen LogP contribution is -2.41. The van der Waals surface area contributed by atoms with E-state index in [0.29, 0.717) is 5.56 Å². The van der Waals surface area contributed by atoms with E-state index in [1.165, 1.54) is 16.4 Å². The number of rotatable bonds is 5. The first kappa shape index (κ1) is 23.7. The summed E-state index contributed by atoms with van der Waals surface area (Å²) in [6, 6.07) is 7.67. The van der Waals surface area contributed by atoms with E-state index in [2.05, 4.69) is 5.32 Å². The molecule has 0 bridgehead atoms. The summed E-state index contributed by atoms with van der Waals surface area (Å²) in [7, 11) is -3.98. The normalized spacial score (nSPS) is 16.0. The second kappa shape index (κ2) is 8.87. The Labute approximate surface area is 182 Å². The fraction of sp³-hybridized carbons (Fsp3) is 0.350. The number of carbonyl (C=O) groups excluding carboxylic acids is 1. The molecule has 0 unspecified atom stereocenters. The molecule has 0 atom stereocenters. The number of nitro benzene ring substituents is 1. The molecule has 1 aliphatic rings. The van der Waals surface area contributed by atoms with Gasteiger partial charge in [-0.1, -0.05) is 6.07 Å². The average Bonchev–Trinajstić information content (AvgIpc) is 2.73. The number of anilines is 1. The van der Waals surface area contributed by atoms with Gasteiger partial charge in [-0.15, -0.1) is 0 Å². The SMILES string of the molecule is Cc1ccc([N+](=O)[O-])cc1S(=O)(=O)N1CCC(C(=O)Nc2ccc(C(F)(F)F)cc2)CC1. The minimum Gasteiger partial charge on any atom is -0.326 e. The Morgan fingerprint density at radius 3 is 2.25 bits per heavy atom. The maximum atomic E-state index is 13.0. The molecule has 0 aliphatic carbocycles. The maximum Gasteiger partial charge on any atom is 0.416 e. The van der Waals surface area contributed by atoms with Gasteiger partial charge < -0.3 is 5.32 Å². The van der Waals surface area contributed by atoms with Crippen LogP contribution in [0, 0.1) is 23.0 Å². The number of benzene rings is 2. The van der Waals surface area contributed by atoms with Crippen molar-refractivity contribution < 1.29 is 31.3 Å². The number of halogens is 3. The summed E-state index contributed by atoms with van der Waals surface area (Å²) < 4.78 is 65.1. The van der Waals surface area contributed by atoms with Crippen LogP contribution in [-0.2, 0) is 21.0 Å². The molecular formula is C20H20F3N3O5S. The molecule has 1 fully saturated rings. The highest BCUT2D eigenvalue weighted by Gasteiger charge is 2.34. The van der Waals surface area contributed by atoms with Crippen molar-refractivity contribution in [2.24, 2.45) is 5.92 Å². The van der Waals surface area contributed by atoms with Gasteiger partial charge in [0.25, 0.3) is 5.69 Å². The van der Waals surface area contributed by atoms with Gasteiger partial charge in [0.05, 0.1) is 15.4 Å². The Hall–Kier alpha value is -2.99. The highest BCUT2D eigenvalue weighted by Crippen LogP contribution is 2.31. The summed E-state index contributed by atoms with van der Waals surface area (Å²) in [6.07, 6.45) is -4.06.